The SMILES string of the molecule is O=C(Nc1ccc(C2CNCCO2)c(Cl)c1)c1cnn(-c2cncc(C(F)(F)F)n2)c1. The molecular formula is C19H16ClF3N6O2. The highest BCUT2D eigenvalue weighted by Gasteiger charge is 2.33. The second kappa shape index (κ2) is 8.61. The van der Waals surface area contributed by atoms with E-state index in [1.165, 1.54) is 12.4 Å². The molecule has 4 rings (SSSR count). The average molecular weight is 453 g/mol. The number of benzene rings is 1. The fraction of sp³-hybridized carbons (Fsp3) is 0.263. The van der Waals surface area contributed by atoms with E-state index >= 15 is 0 Å². The molecule has 12 heteroatoms. The van der Waals surface area contributed by atoms with Crippen LogP contribution in [-0.2, 0) is 10.9 Å². The van der Waals surface area contributed by atoms with Gasteiger partial charge in [0, 0.05) is 35.6 Å². The standard InChI is InChI=1S/C19H16ClF3N6O2/c20-14-5-12(1-2-13(14)15-7-24-3-4-31-15)27-18(30)11-6-26-29(10-11)17-9-25-8-16(28-17)19(21,22)23/h1-2,5-6,8-10,15,24H,3-4,7H2,(H,27,30). The van der Waals surface area contributed by atoms with E-state index in [9.17, 15) is 18.0 Å². The number of nitrogens with zero attached hydrogens (tertiary/aromatic N) is 4. The summed E-state index contributed by atoms with van der Waals surface area (Å²) in [5.74, 6) is -0.673. The molecule has 0 aliphatic carbocycles. The first-order valence-electron chi connectivity index (χ1n) is 9.18. The summed E-state index contributed by atoms with van der Waals surface area (Å²) in [5, 5.41) is 10.2. The van der Waals surface area contributed by atoms with E-state index in [0.717, 1.165) is 23.0 Å². The van der Waals surface area contributed by atoms with Crippen LogP contribution in [0.4, 0.5) is 18.9 Å². The summed E-state index contributed by atoms with van der Waals surface area (Å²) in [5.41, 5.74) is 0.231. The van der Waals surface area contributed by atoms with Crippen molar-refractivity contribution in [3.63, 3.8) is 0 Å². The number of nitrogens with one attached hydrogen (secondary N) is 2. The molecule has 0 saturated carbocycles. The molecule has 3 heterocycles. The van der Waals surface area contributed by atoms with Gasteiger partial charge in [-0.2, -0.15) is 18.3 Å². The zero-order valence-corrected chi connectivity index (χ0v) is 16.6. The number of aromatic nitrogens is 4. The fourth-order valence-corrected chi connectivity index (χ4v) is 3.30. The number of alkyl halides is 3. The lowest BCUT2D eigenvalue weighted by Crippen LogP contribution is -2.33. The Hall–Kier alpha value is -3.02. The molecule has 2 N–H and O–H groups in total. The summed E-state index contributed by atoms with van der Waals surface area (Å²) in [6.45, 7) is 2.00. The van der Waals surface area contributed by atoms with Crippen LogP contribution in [0.25, 0.3) is 5.82 Å². The Morgan fingerprint density at radius 3 is 2.84 bits per heavy atom. The largest absolute Gasteiger partial charge is 0.434 e. The van der Waals surface area contributed by atoms with Gasteiger partial charge in [0.05, 0.1) is 36.9 Å². The van der Waals surface area contributed by atoms with Gasteiger partial charge in [-0.3, -0.25) is 9.78 Å². The third-order valence-electron chi connectivity index (χ3n) is 4.52. The fourth-order valence-electron chi connectivity index (χ4n) is 3.00. The first-order valence-corrected chi connectivity index (χ1v) is 9.56. The Morgan fingerprint density at radius 1 is 1.29 bits per heavy atom. The van der Waals surface area contributed by atoms with Gasteiger partial charge >= 0.3 is 6.18 Å². The molecule has 0 radical (unpaired) electrons. The predicted octanol–water partition coefficient (Wildman–Crippen LogP) is 3.25. The topological polar surface area (TPSA) is 94.0 Å². The number of carbonyl (C=O) groups excluding carboxylic acids is 1. The minimum Gasteiger partial charge on any atom is -0.371 e. The Morgan fingerprint density at radius 2 is 2.13 bits per heavy atom. The summed E-state index contributed by atoms with van der Waals surface area (Å²) in [4.78, 5) is 19.5. The summed E-state index contributed by atoms with van der Waals surface area (Å²) in [6.07, 6.45) is -0.600. The lowest BCUT2D eigenvalue weighted by Gasteiger charge is -2.25. The summed E-state index contributed by atoms with van der Waals surface area (Å²) < 4.78 is 45.2. The van der Waals surface area contributed by atoms with E-state index in [1.54, 1.807) is 18.2 Å². The molecule has 1 unspecified atom stereocenters. The molecule has 1 aliphatic rings. The van der Waals surface area contributed by atoms with E-state index < -0.39 is 17.8 Å². The maximum Gasteiger partial charge on any atom is 0.434 e. The van der Waals surface area contributed by atoms with Crippen LogP contribution < -0.4 is 10.6 Å². The number of anilines is 1. The quantitative estimate of drug-likeness (QED) is 0.631. The monoisotopic (exact) mass is 452 g/mol. The number of hydrogen-bond acceptors (Lipinski definition) is 6. The normalized spacial score (nSPS) is 16.8. The van der Waals surface area contributed by atoms with Crippen molar-refractivity contribution >= 4 is 23.2 Å². The van der Waals surface area contributed by atoms with Crippen LogP contribution >= 0.6 is 11.6 Å². The van der Waals surface area contributed by atoms with E-state index in [-0.39, 0.29) is 17.5 Å². The third kappa shape index (κ3) is 4.84. The molecule has 2 aromatic heterocycles. The van der Waals surface area contributed by atoms with Crippen molar-refractivity contribution < 1.29 is 22.7 Å². The van der Waals surface area contributed by atoms with E-state index in [1.807, 2.05) is 0 Å². The number of carbonyl (C=O) groups is 1. The van der Waals surface area contributed by atoms with E-state index in [0.29, 0.717) is 30.1 Å². The Kier molecular flexibility index (Phi) is 5.90. The third-order valence-corrected chi connectivity index (χ3v) is 4.85. The number of hydrogen-bond donors (Lipinski definition) is 2. The minimum atomic E-state index is -4.64. The number of halogens is 4. The lowest BCUT2D eigenvalue weighted by atomic mass is 10.1. The van der Waals surface area contributed by atoms with Crippen molar-refractivity contribution in [1.29, 1.82) is 0 Å². The van der Waals surface area contributed by atoms with Crippen molar-refractivity contribution in [3.8, 4) is 5.82 Å². The molecule has 1 saturated heterocycles. The maximum absolute atomic E-state index is 12.8. The lowest BCUT2D eigenvalue weighted by molar-refractivity contribution is -0.141. The summed E-state index contributed by atoms with van der Waals surface area (Å²) in [6, 6.07) is 5.08. The molecule has 1 aliphatic heterocycles. The summed E-state index contributed by atoms with van der Waals surface area (Å²) >= 11 is 6.35. The van der Waals surface area contributed by atoms with Crippen molar-refractivity contribution in [2.45, 2.75) is 12.3 Å². The molecule has 1 amide bonds. The highest BCUT2D eigenvalue weighted by Crippen LogP contribution is 2.29. The molecular weight excluding hydrogens is 437 g/mol. The smallest absolute Gasteiger partial charge is 0.371 e. The van der Waals surface area contributed by atoms with Crippen molar-refractivity contribution in [1.82, 2.24) is 25.1 Å². The molecule has 3 aromatic rings. The molecule has 1 aromatic carbocycles. The molecule has 162 valence electrons. The second-order valence-corrected chi connectivity index (χ2v) is 7.10. The number of amides is 1. The van der Waals surface area contributed by atoms with Gasteiger partial charge < -0.3 is 15.4 Å². The van der Waals surface area contributed by atoms with Gasteiger partial charge in [-0.25, -0.2) is 9.67 Å². The van der Waals surface area contributed by atoms with Crippen LogP contribution in [0.1, 0.15) is 27.7 Å². The van der Waals surface area contributed by atoms with Gasteiger partial charge in [-0.05, 0) is 12.1 Å². The Balaban J connectivity index is 1.48. The minimum absolute atomic E-state index is 0.124. The van der Waals surface area contributed by atoms with E-state index in [2.05, 4.69) is 25.7 Å². The summed E-state index contributed by atoms with van der Waals surface area (Å²) in [7, 11) is 0. The highest BCUT2D eigenvalue weighted by molar-refractivity contribution is 6.31. The maximum atomic E-state index is 12.8. The molecule has 0 bridgehead atoms. The first kappa shape index (κ1) is 21.2. The van der Waals surface area contributed by atoms with E-state index in [4.69, 9.17) is 16.3 Å². The Labute approximate surface area is 179 Å². The number of morpholine rings is 1. The Bertz CT molecular complexity index is 1100. The van der Waals surface area contributed by atoms with Gasteiger partial charge in [-0.1, -0.05) is 17.7 Å². The van der Waals surface area contributed by atoms with Crippen LogP contribution in [0, 0.1) is 0 Å². The van der Waals surface area contributed by atoms with Gasteiger partial charge in [0.2, 0.25) is 0 Å². The molecule has 0 spiro atoms. The molecule has 1 atom stereocenters. The van der Waals surface area contributed by atoms with Crippen LogP contribution in [0.3, 0.4) is 0 Å². The number of rotatable bonds is 4. The molecule has 8 nitrogen and oxygen atoms in total. The van der Waals surface area contributed by atoms with Crippen LogP contribution in [0.2, 0.25) is 5.02 Å². The zero-order valence-electron chi connectivity index (χ0n) is 15.9. The van der Waals surface area contributed by atoms with Crippen molar-refractivity contribution in [2.24, 2.45) is 0 Å². The highest BCUT2D eigenvalue weighted by atomic mass is 35.5. The molecule has 31 heavy (non-hydrogen) atoms. The average Bonchev–Trinajstić information content (AvgIpc) is 3.25. The molecule has 1 fully saturated rings. The van der Waals surface area contributed by atoms with Gasteiger partial charge in [0.1, 0.15) is 0 Å². The van der Waals surface area contributed by atoms with Gasteiger partial charge in [-0.15, -0.1) is 0 Å². The van der Waals surface area contributed by atoms with Crippen LogP contribution in [-0.4, -0.2) is 45.4 Å². The van der Waals surface area contributed by atoms with Gasteiger partial charge in [0.15, 0.2) is 11.5 Å². The second-order valence-electron chi connectivity index (χ2n) is 6.69. The van der Waals surface area contributed by atoms with Crippen molar-refractivity contribution in [2.75, 3.05) is 25.0 Å². The first-order chi connectivity index (χ1) is 14.8. The van der Waals surface area contributed by atoms with Crippen molar-refractivity contribution in [3.05, 3.63) is 64.8 Å². The van der Waals surface area contributed by atoms with Crippen LogP contribution in [0.5, 0.6) is 0 Å². The predicted molar refractivity (Wildman–Crippen MR) is 105 cm³/mol. The van der Waals surface area contributed by atoms with Gasteiger partial charge in [0.25, 0.3) is 5.91 Å². The van der Waals surface area contributed by atoms with Crippen LogP contribution in [0.15, 0.2) is 43.0 Å². The zero-order chi connectivity index (χ0) is 22.0. The number of ether oxygens (including phenoxy) is 1.